The number of fused-ring (bicyclic) bond motifs is 1. The van der Waals surface area contributed by atoms with E-state index in [0.29, 0.717) is 18.5 Å². The minimum absolute atomic E-state index is 0.0937. The third kappa shape index (κ3) is 3.57. The lowest BCUT2D eigenvalue weighted by Gasteiger charge is -2.17. The number of hydrogen-bond donors (Lipinski definition) is 3. The summed E-state index contributed by atoms with van der Waals surface area (Å²) in [6.45, 7) is 0.587. The molecule has 1 atom stereocenters. The van der Waals surface area contributed by atoms with Gasteiger partial charge in [-0.25, -0.2) is 0 Å². The van der Waals surface area contributed by atoms with Crippen molar-refractivity contribution in [1.82, 2.24) is 15.5 Å². The van der Waals surface area contributed by atoms with Crippen molar-refractivity contribution in [3.05, 3.63) is 65.9 Å². The van der Waals surface area contributed by atoms with Crippen LogP contribution in [0.25, 0.3) is 10.9 Å². The number of rotatable bonds is 6. The highest BCUT2D eigenvalue weighted by Gasteiger charge is 2.13. The van der Waals surface area contributed by atoms with Crippen LogP contribution >= 0.6 is 0 Å². The Morgan fingerprint density at radius 1 is 1.22 bits per heavy atom. The smallest absolute Gasteiger partial charge is 0.251 e. The van der Waals surface area contributed by atoms with Crippen LogP contribution < -0.4 is 5.32 Å². The van der Waals surface area contributed by atoms with Crippen molar-refractivity contribution < 1.29 is 9.90 Å². The molecule has 3 N–H and O–H groups in total. The number of benzene rings is 2. The number of carbonyl (C=O) groups is 1. The van der Waals surface area contributed by atoms with Gasteiger partial charge < -0.3 is 10.4 Å². The highest BCUT2D eigenvalue weighted by Crippen LogP contribution is 2.19. The Hall–Kier alpha value is -2.66. The van der Waals surface area contributed by atoms with E-state index in [1.54, 1.807) is 12.3 Å². The molecule has 0 fully saturated rings. The number of amides is 1. The summed E-state index contributed by atoms with van der Waals surface area (Å²) in [5.41, 5.74) is 2.63. The third-order valence-electron chi connectivity index (χ3n) is 3.96. The van der Waals surface area contributed by atoms with Crippen molar-refractivity contribution >= 4 is 16.8 Å². The lowest BCUT2D eigenvalue weighted by atomic mass is 9.96. The van der Waals surface area contributed by atoms with Crippen molar-refractivity contribution in [2.45, 2.75) is 12.3 Å². The molecule has 1 unspecified atom stereocenters. The minimum atomic E-state index is -0.119. The Morgan fingerprint density at radius 3 is 2.83 bits per heavy atom. The van der Waals surface area contributed by atoms with E-state index in [9.17, 15) is 9.90 Å². The zero-order chi connectivity index (χ0) is 16.1. The second kappa shape index (κ2) is 7.07. The van der Waals surface area contributed by atoms with Crippen molar-refractivity contribution in [2.75, 3.05) is 13.2 Å². The summed E-state index contributed by atoms with van der Waals surface area (Å²) < 4.78 is 0. The number of aliphatic hydroxyl groups is 1. The van der Waals surface area contributed by atoms with Crippen LogP contribution in [0.5, 0.6) is 0 Å². The average Bonchev–Trinajstić information content (AvgIpc) is 3.06. The SMILES string of the molecule is O=C(NCC(CCO)c1ccccc1)c1ccc2[nH]ncc2c1. The number of H-pyrrole nitrogens is 1. The molecule has 118 valence electrons. The number of carbonyl (C=O) groups excluding carboxylic acids is 1. The summed E-state index contributed by atoms with van der Waals surface area (Å²) in [5, 5.41) is 19.9. The average molecular weight is 309 g/mol. The molecule has 0 bridgehead atoms. The zero-order valence-corrected chi connectivity index (χ0v) is 12.7. The topological polar surface area (TPSA) is 78.0 Å². The zero-order valence-electron chi connectivity index (χ0n) is 12.7. The van der Waals surface area contributed by atoms with E-state index in [1.165, 1.54) is 0 Å². The van der Waals surface area contributed by atoms with Crippen LogP contribution in [-0.4, -0.2) is 34.4 Å². The molecule has 1 aromatic heterocycles. The predicted octanol–water partition coefficient (Wildman–Crippen LogP) is 2.46. The largest absolute Gasteiger partial charge is 0.396 e. The predicted molar refractivity (Wildman–Crippen MR) is 89.3 cm³/mol. The molecule has 3 aromatic rings. The maximum atomic E-state index is 12.3. The van der Waals surface area contributed by atoms with Gasteiger partial charge in [0.15, 0.2) is 0 Å². The van der Waals surface area contributed by atoms with E-state index < -0.39 is 0 Å². The Morgan fingerprint density at radius 2 is 2.04 bits per heavy atom. The first-order valence-electron chi connectivity index (χ1n) is 7.65. The fourth-order valence-electron chi connectivity index (χ4n) is 2.67. The normalized spacial score (nSPS) is 12.2. The maximum Gasteiger partial charge on any atom is 0.251 e. The summed E-state index contributed by atoms with van der Waals surface area (Å²) in [6, 6.07) is 15.4. The monoisotopic (exact) mass is 309 g/mol. The molecule has 0 aliphatic carbocycles. The van der Waals surface area contributed by atoms with E-state index in [0.717, 1.165) is 16.5 Å². The first-order valence-corrected chi connectivity index (χ1v) is 7.65. The van der Waals surface area contributed by atoms with Crippen molar-refractivity contribution in [2.24, 2.45) is 0 Å². The molecule has 0 spiro atoms. The van der Waals surface area contributed by atoms with Crippen LogP contribution in [-0.2, 0) is 0 Å². The molecule has 0 saturated carbocycles. The lowest BCUT2D eigenvalue weighted by molar-refractivity contribution is 0.0949. The van der Waals surface area contributed by atoms with Gasteiger partial charge in [-0.05, 0) is 30.2 Å². The molecule has 0 radical (unpaired) electrons. The molecule has 0 saturated heterocycles. The molecule has 0 aliphatic heterocycles. The molecule has 2 aromatic carbocycles. The van der Waals surface area contributed by atoms with Crippen molar-refractivity contribution in [3.63, 3.8) is 0 Å². The summed E-state index contributed by atoms with van der Waals surface area (Å²) >= 11 is 0. The fraction of sp³-hybridized carbons (Fsp3) is 0.222. The molecule has 1 heterocycles. The second-order valence-corrected chi connectivity index (χ2v) is 5.50. The molecule has 5 heteroatoms. The van der Waals surface area contributed by atoms with E-state index >= 15 is 0 Å². The van der Waals surface area contributed by atoms with Crippen LogP contribution in [0.2, 0.25) is 0 Å². The van der Waals surface area contributed by atoms with Gasteiger partial charge in [-0.1, -0.05) is 30.3 Å². The highest BCUT2D eigenvalue weighted by molar-refractivity contribution is 5.97. The quantitative estimate of drug-likeness (QED) is 0.654. The number of aromatic nitrogens is 2. The Balaban J connectivity index is 1.68. The van der Waals surface area contributed by atoms with Gasteiger partial charge in [0.2, 0.25) is 0 Å². The molecule has 5 nitrogen and oxygen atoms in total. The van der Waals surface area contributed by atoms with E-state index in [-0.39, 0.29) is 18.4 Å². The minimum Gasteiger partial charge on any atom is -0.396 e. The fourth-order valence-corrected chi connectivity index (χ4v) is 2.67. The summed E-state index contributed by atoms with van der Waals surface area (Å²) in [4.78, 5) is 12.3. The number of nitrogens with zero attached hydrogens (tertiary/aromatic N) is 1. The maximum absolute atomic E-state index is 12.3. The van der Waals surface area contributed by atoms with Crippen LogP contribution in [0.4, 0.5) is 0 Å². The number of aromatic amines is 1. The van der Waals surface area contributed by atoms with Gasteiger partial charge in [-0.3, -0.25) is 9.89 Å². The van der Waals surface area contributed by atoms with Gasteiger partial charge in [0, 0.05) is 30.0 Å². The van der Waals surface area contributed by atoms with Crippen LogP contribution in [0.1, 0.15) is 28.3 Å². The van der Waals surface area contributed by atoms with Gasteiger partial charge in [0.1, 0.15) is 0 Å². The lowest BCUT2D eigenvalue weighted by Crippen LogP contribution is -2.28. The van der Waals surface area contributed by atoms with Crippen LogP contribution in [0.15, 0.2) is 54.7 Å². The first kappa shape index (κ1) is 15.2. The molecule has 23 heavy (non-hydrogen) atoms. The standard InChI is InChI=1S/C18H19N3O2/c22-9-8-15(13-4-2-1-3-5-13)11-19-18(23)14-6-7-17-16(10-14)12-20-21-17/h1-7,10,12,15,22H,8-9,11H2,(H,19,23)(H,20,21). The first-order chi connectivity index (χ1) is 11.3. The molecular formula is C18H19N3O2. The number of aliphatic hydroxyl groups excluding tert-OH is 1. The van der Waals surface area contributed by atoms with Gasteiger partial charge in [0.25, 0.3) is 5.91 Å². The van der Waals surface area contributed by atoms with Crippen LogP contribution in [0, 0.1) is 0 Å². The number of hydrogen-bond acceptors (Lipinski definition) is 3. The van der Waals surface area contributed by atoms with E-state index in [2.05, 4.69) is 15.5 Å². The van der Waals surface area contributed by atoms with Crippen molar-refractivity contribution in [1.29, 1.82) is 0 Å². The van der Waals surface area contributed by atoms with Gasteiger partial charge in [-0.2, -0.15) is 5.10 Å². The molecule has 0 aliphatic rings. The number of nitrogens with one attached hydrogen (secondary N) is 2. The van der Waals surface area contributed by atoms with Gasteiger partial charge >= 0.3 is 0 Å². The molecular weight excluding hydrogens is 290 g/mol. The Kier molecular flexibility index (Phi) is 4.68. The second-order valence-electron chi connectivity index (χ2n) is 5.50. The van der Waals surface area contributed by atoms with E-state index in [4.69, 9.17) is 0 Å². The Bertz CT molecular complexity index is 783. The van der Waals surface area contributed by atoms with Gasteiger partial charge in [-0.15, -0.1) is 0 Å². The molecule has 1 amide bonds. The third-order valence-corrected chi connectivity index (χ3v) is 3.96. The highest BCUT2D eigenvalue weighted by atomic mass is 16.3. The Labute approximate surface area is 134 Å². The van der Waals surface area contributed by atoms with Gasteiger partial charge in [0.05, 0.1) is 11.7 Å². The van der Waals surface area contributed by atoms with Crippen molar-refractivity contribution in [3.8, 4) is 0 Å². The summed E-state index contributed by atoms with van der Waals surface area (Å²) in [5.74, 6) is -0.0187. The van der Waals surface area contributed by atoms with E-state index in [1.807, 2.05) is 42.5 Å². The van der Waals surface area contributed by atoms with Crippen LogP contribution in [0.3, 0.4) is 0 Å². The summed E-state index contributed by atoms with van der Waals surface area (Å²) in [7, 11) is 0. The summed E-state index contributed by atoms with van der Waals surface area (Å²) in [6.07, 6.45) is 2.32. The molecule has 3 rings (SSSR count).